The van der Waals surface area contributed by atoms with Crippen LogP contribution in [0.15, 0.2) is 24.3 Å². The van der Waals surface area contributed by atoms with Crippen molar-refractivity contribution in [2.45, 2.75) is 45.2 Å². The first-order valence-corrected chi connectivity index (χ1v) is 9.05. The summed E-state index contributed by atoms with van der Waals surface area (Å²) in [6.45, 7) is 4.66. The quantitative estimate of drug-likeness (QED) is 0.787. The van der Waals surface area contributed by atoms with E-state index in [1.807, 2.05) is 0 Å². The molecule has 0 unspecified atom stereocenters. The summed E-state index contributed by atoms with van der Waals surface area (Å²) >= 11 is 0. The van der Waals surface area contributed by atoms with Gasteiger partial charge in [-0.25, -0.2) is 0 Å². The Bertz CT molecular complexity index is 535. The highest BCUT2D eigenvalue weighted by Gasteiger charge is 2.31. The number of hydrogen-bond acceptors (Lipinski definition) is 3. The van der Waals surface area contributed by atoms with Crippen LogP contribution in [0.4, 0.5) is 0 Å². The maximum Gasteiger partial charge on any atom is 0.223 e. The molecule has 1 aliphatic heterocycles. The Morgan fingerprint density at radius 3 is 2.44 bits per heavy atom. The van der Waals surface area contributed by atoms with Crippen LogP contribution in [0, 0.1) is 11.8 Å². The van der Waals surface area contributed by atoms with Gasteiger partial charge < -0.3 is 11.1 Å². The summed E-state index contributed by atoms with van der Waals surface area (Å²) in [5, 5.41) is 3.16. The Morgan fingerprint density at radius 1 is 1.08 bits per heavy atom. The van der Waals surface area contributed by atoms with Gasteiger partial charge in [0.1, 0.15) is 0 Å². The lowest BCUT2D eigenvalue weighted by Crippen LogP contribution is -2.35. The minimum atomic E-state index is 0. The number of rotatable bonds is 6. The minimum Gasteiger partial charge on any atom is -0.352 e. The Hall–Kier alpha value is -0.810. The standard InChI is InChI=1S/C19H29N3O.2ClH/c20-12-15-8-5-9-18(15)19(23)21-13-16-6-1-2-7-17(16)14-22-10-3-4-11-22;;/h1-2,6-7,15,18H,3-5,8-14,20H2,(H,21,23);2*1H/t15-,18-;;/m1../s1. The van der Waals surface area contributed by atoms with Gasteiger partial charge in [-0.15, -0.1) is 24.8 Å². The summed E-state index contributed by atoms with van der Waals surface area (Å²) in [5.41, 5.74) is 8.39. The summed E-state index contributed by atoms with van der Waals surface area (Å²) in [5.74, 6) is 0.675. The first-order chi connectivity index (χ1) is 11.3. The summed E-state index contributed by atoms with van der Waals surface area (Å²) in [6.07, 6.45) is 5.83. The number of halogens is 2. The number of nitrogens with zero attached hydrogens (tertiary/aromatic N) is 1. The number of benzene rings is 1. The van der Waals surface area contributed by atoms with Crippen molar-refractivity contribution < 1.29 is 4.79 Å². The Labute approximate surface area is 163 Å². The number of likely N-dealkylation sites (tertiary alicyclic amines) is 1. The third kappa shape index (κ3) is 5.85. The molecule has 3 N–H and O–H groups in total. The monoisotopic (exact) mass is 387 g/mol. The molecule has 3 rings (SSSR count). The van der Waals surface area contributed by atoms with Crippen LogP contribution >= 0.6 is 24.8 Å². The van der Waals surface area contributed by atoms with Crippen molar-refractivity contribution in [3.8, 4) is 0 Å². The average molecular weight is 388 g/mol. The van der Waals surface area contributed by atoms with Crippen LogP contribution < -0.4 is 11.1 Å². The first-order valence-electron chi connectivity index (χ1n) is 9.05. The number of amides is 1. The molecular formula is C19H31Cl2N3O. The molecule has 2 fully saturated rings. The maximum atomic E-state index is 12.5. The van der Waals surface area contributed by atoms with E-state index in [1.165, 1.54) is 37.1 Å². The zero-order chi connectivity index (χ0) is 16.1. The molecule has 2 aliphatic rings. The summed E-state index contributed by atoms with van der Waals surface area (Å²) in [6, 6.07) is 8.49. The van der Waals surface area contributed by atoms with Gasteiger partial charge in [-0.1, -0.05) is 30.7 Å². The molecule has 1 heterocycles. The van der Waals surface area contributed by atoms with E-state index in [2.05, 4.69) is 34.5 Å². The molecule has 4 nitrogen and oxygen atoms in total. The molecule has 6 heteroatoms. The van der Waals surface area contributed by atoms with Crippen LogP contribution in [0.5, 0.6) is 0 Å². The minimum absolute atomic E-state index is 0. The number of carbonyl (C=O) groups is 1. The fourth-order valence-electron chi connectivity index (χ4n) is 4.04. The van der Waals surface area contributed by atoms with Gasteiger partial charge in [0.25, 0.3) is 0 Å². The van der Waals surface area contributed by atoms with Gasteiger partial charge in [-0.05, 0) is 62.4 Å². The fraction of sp³-hybridized carbons (Fsp3) is 0.632. The van der Waals surface area contributed by atoms with Crippen molar-refractivity contribution in [1.29, 1.82) is 0 Å². The molecule has 0 bridgehead atoms. The Kier molecular flexibility index (Phi) is 9.80. The van der Waals surface area contributed by atoms with Gasteiger partial charge in [-0.2, -0.15) is 0 Å². The molecule has 1 aliphatic carbocycles. The lowest BCUT2D eigenvalue weighted by Gasteiger charge is -2.20. The second-order valence-electron chi connectivity index (χ2n) is 7.00. The molecule has 1 aromatic carbocycles. The predicted molar refractivity (Wildman–Crippen MR) is 107 cm³/mol. The van der Waals surface area contributed by atoms with Gasteiger partial charge in [0.2, 0.25) is 5.91 Å². The van der Waals surface area contributed by atoms with Crippen LogP contribution in [-0.4, -0.2) is 30.4 Å². The van der Waals surface area contributed by atoms with Crippen LogP contribution in [0.1, 0.15) is 43.2 Å². The molecule has 1 saturated carbocycles. The zero-order valence-corrected chi connectivity index (χ0v) is 16.4. The van der Waals surface area contributed by atoms with E-state index >= 15 is 0 Å². The van der Waals surface area contributed by atoms with Crippen LogP contribution in [0.2, 0.25) is 0 Å². The number of hydrogen-bond donors (Lipinski definition) is 2. The van der Waals surface area contributed by atoms with E-state index in [-0.39, 0.29) is 36.6 Å². The molecule has 1 amide bonds. The molecule has 25 heavy (non-hydrogen) atoms. The molecule has 1 aromatic rings. The topological polar surface area (TPSA) is 58.4 Å². The van der Waals surface area contributed by atoms with Crippen molar-refractivity contribution >= 4 is 30.7 Å². The lowest BCUT2D eigenvalue weighted by atomic mass is 9.95. The lowest BCUT2D eigenvalue weighted by molar-refractivity contribution is -0.126. The van der Waals surface area contributed by atoms with Crippen LogP contribution in [0.3, 0.4) is 0 Å². The highest BCUT2D eigenvalue weighted by molar-refractivity contribution is 5.85. The molecule has 0 radical (unpaired) electrons. The third-order valence-electron chi connectivity index (χ3n) is 5.46. The van der Waals surface area contributed by atoms with Crippen molar-refractivity contribution in [1.82, 2.24) is 10.2 Å². The smallest absolute Gasteiger partial charge is 0.223 e. The van der Waals surface area contributed by atoms with Crippen molar-refractivity contribution in [3.05, 3.63) is 35.4 Å². The Morgan fingerprint density at radius 2 is 1.76 bits per heavy atom. The summed E-state index contributed by atoms with van der Waals surface area (Å²) < 4.78 is 0. The maximum absolute atomic E-state index is 12.5. The highest BCUT2D eigenvalue weighted by Crippen LogP contribution is 2.31. The second-order valence-corrected chi connectivity index (χ2v) is 7.00. The summed E-state index contributed by atoms with van der Waals surface area (Å²) in [7, 11) is 0. The van der Waals surface area contributed by atoms with E-state index in [4.69, 9.17) is 5.73 Å². The largest absolute Gasteiger partial charge is 0.352 e. The van der Waals surface area contributed by atoms with Gasteiger partial charge in [-0.3, -0.25) is 9.69 Å². The molecular weight excluding hydrogens is 357 g/mol. The number of nitrogens with two attached hydrogens (primary N) is 1. The summed E-state index contributed by atoms with van der Waals surface area (Å²) in [4.78, 5) is 15.0. The first kappa shape index (κ1) is 22.2. The van der Waals surface area contributed by atoms with Gasteiger partial charge >= 0.3 is 0 Å². The second kappa shape index (κ2) is 11.0. The van der Waals surface area contributed by atoms with Crippen LogP contribution in [0.25, 0.3) is 0 Å². The van der Waals surface area contributed by atoms with Crippen molar-refractivity contribution in [2.75, 3.05) is 19.6 Å². The van der Waals surface area contributed by atoms with Crippen molar-refractivity contribution in [2.24, 2.45) is 17.6 Å². The third-order valence-corrected chi connectivity index (χ3v) is 5.46. The van der Waals surface area contributed by atoms with Gasteiger partial charge in [0, 0.05) is 19.0 Å². The molecule has 1 saturated heterocycles. The zero-order valence-electron chi connectivity index (χ0n) is 14.8. The van der Waals surface area contributed by atoms with E-state index in [1.54, 1.807) is 0 Å². The Balaban J connectivity index is 0.00000156. The molecule has 0 spiro atoms. The highest BCUT2D eigenvalue weighted by atomic mass is 35.5. The fourth-order valence-corrected chi connectivity index (χ4v) is 4.04. The number of nitrogens with one attached hydrogen (secondary N) is 1. The van der Waals surface area contributed by atoms with Crippen molar-refractivity contribution in [3.63, 3.8) is 0 Å². The molecule has 2 atom stereocenters. The van der Waals surface area contributed by atoms with Gasteiger partial charge in [0.15, 0.2) is 0 Å². The van der Waals surface area contributed by atoms with E-state index < -0.39 is 0 Å². The van der Waals surface area contributed by atoms with Crippen LogP contribution in [-0.2, 0) is 17.9 Å². The van der Waals surface area contributed by atoms with Gasteiger partial charge in [0.05, 0.1) is 0 Å². The van der Waals surface area contributed by atoms with E-state index in [0.717, 1.165) is 25.8 Å². The average Bonchev–Trinajstić information content (AvgIpc) is 3.25. The number of carbonyl (C=O) groups excluding carboxylic acids is 1. The van der Waals surface area contributed by atoms with E-state index in [0.29, 0.717) is 19.0 Å². The molecule has 142 valence electrons. The van der Waals surface area contributed by atoms with E-state index in [9.17, 15) is 4.79 Å². The predicted octanol–water partition coefficient (Wildman–Crippen LogP) is 3.12. The molecule has 0 aromatic heterocycles. The normalized spacial score (nSPS) is 22.9. The SMILES string of the molecule is Cl.Cl.NC[C@H]1CCC[C@H]1C(=O)NCc1ccccc1CN1CCCC1.